The first kappa shape index (κ1) is 17.1. The number of ketones is 1. The Hall–Kier alpha value is -2.99. The molecular weight excluding hydrogens is 356 g/mol. The zero-order valence-electron chi connectivity index (χ0n) is 15.9. The minimum atomic E-state index is -1.42. The normalized spacial score (nSPS) is 30.8. The summed E-state index contributed by atoms with van der Waals surface area (Å²) in [4.78, 5) is 43.4. The van der Waals surface area contributed by atoms with Gasteiger partial charge in [-0.2, -0.15) is 0 Å². The predicted molar refractivity (Wildman–Crippen MR) is 102 cm³/mol. The monoisotopic (exact) mass is 376 g/mol. The van der Waals surface area contributed by atoms with Crippen LogP contribution in [0.3, 0.4) is 0 Å². The molecule has 3 atom stereocenters. The summed E-state index contributed by atoms with van der Waals surface area (Å²) >= 11 is 0. The Kier molecular flexibility index (Phi) is 3.24. The third-order valence-corrected chi connectivity index (χ3v) is 6.73. The Morgan fingerprint density at radius 1 is 1.07 bits per heavy atom. The van der Waals surface area contributed by atoms with E-state index in [0.29, 0.717) is 5.75 Å². The Balaban J connectivity index is 1.91. The molecule has 2 aromatic carbocycles. The number of esters is 1. The first-order chi connectivity index (χ1) is 13.4. The Labute approximate surface area is 162 Å². The zero-order valence-corrected chi connectivity index (χ0v) is 15.9. The Morgan fingerprint density at radius 2 is 1.75 bits per heavy atom. The van der Waals surface area contributed by atoms with Crippen molar-refractivity contribution < 1.29 is 19.1 Å². The number of likely N-dealkylation sites (tertiary alicyclic amines) is 1. The first-order valence-corrected chi connectivity index (χ1v) is 9.28. The number of rotatable bonds is 1. The lowest BCUT2D eigenvalue weighted by atomic mass is 9.62. The van der Waals surface area contributed by atoms with Gasteiger partial charge in [0.2, 0.25) is 0 Å². The van der Waals surface area contributed by atoms with Crippen molar-refractivity contribution in [2.24, 2.45) is 5.41 Å². The molecule has 6 nitrogen and oxygen atoms in total. The number of likely N-dealkylation sites (N-methyl/N-ethyl adjacent to an activating group) is 2. The number of nitrogens with zero attached hydrogens (tertiary/aromatic N) is 2. The second-order valence-electron chi connectivity index (χ2n) is 7.89. The molecule has 28 heavy (non-hydrogen) atoms. The lowest BCUT2D eigenvalue weighted by Gasteiger charge is -2.41. The lowest BCUT2D eigenvalue weighted by molar-refractivity contribution is -0.154. The maximum atomic E-state index is 13.8. The molecule has 1 spiro atoms. The molecule has 2 aromatic rings. The number of para-hydroxylation sites is 2. The molecule has 142 valence electrons. The summed E-state index contributed by atoms with van der Waals surface area (Å²) in [7, 11) is 3.55. The van der Waals surface area contributed by atoms with Gasteiger partial charge >= 0.3 is 5.97 Å². The van der Waals surface area contributed by atoms with Crippen LogP contribution in [0.15, 0.2) is 48.5 Å². The summed E-state index contributed by atoms with van der Waals surface area (Å²) in [6, 6.07) is 14.8. The molecule has 0 aromatic heterocycles. The molecule has 6 heteroatoms. The van der Waals surface area contributed by atoms with Crippen LogP contribution in [0.4, 0.5) is 5.69 Å². The second-order valence-corrected chi connectivity index (χ2v) is 7.89. The van der Waals surface area contributed by atoms with Crippen LogP contribution in [0.1, 0.15) is 24.0 Å². The van der Waals surface area contributed by atoms with E-state index in [2.05, 4.69) is 0 Å². The minimum absolute atomic E-state index is 0.131. The molecule has 0 unspecified atom stereocenters. The van der Waals surface area contributed by atoms with E-state index in [0.717, 1.165) is 16.8 Å². The highest BCUT2D eigenvalue weighted by Crippen LogP contribution is 2.65. The van der Waals surface area contributed by atoms with E-state index >= 15 is 0 Å². The van der Waals surface area contributed by atoms with Gasteiger partial charge in [0.25, 0.3) is 5.91 Å². The van der Waals surface area contributed by atoms with E-state index in [9.17, 15) is 14.4 Å². The summed E-state index contributed by atoms with van der Waals surface area (Å²) in [6.45, 7) is 1.55. The van der Waals surface area contributed by atoms with Crippen molar-refractivity contribution in [1.29, 1.82) is 0 Å². The molecule has 0 saturated carbocycles. The highest BCUT2D eigenvalue weighted by atomic mass is 16.5. The highest BCUT2D eigenvalue weighted by molar-refractivity contribution is 6.14. The fourth-order valence-corrected chi connectivity index (χ4v) is 5.52. The lowest BCUT2D eigenvalue weighted by Crippen LogP contribution is -2.54. The zero-order chi connectivity index (χ0) is 19.8. The molecule has 1 amide bonds. The number of amides is 1. The first-order valence-electron chi connectivity index (χ1n) is 9.28. The molecule has 1 saturated heterocycles. The number of benzene rings is 2. The van der Waals surface area contributed by atoms with Gasteiger partial charge in [0.15, 0.2) is 0 Å². The van der Waals surface area contributed by atoms with Gasteiger partial charge in [-0.1, -0.05) is 36.4 Å². The predicted octanol–water partition coefficient (Wildman–Crippen LogP) is 2.08. The molecule has 0 aliphatic carbocycles. The second kappa shape index (κ2) is 5.29. The topological polar surface area (TPSA) is 66.9 Å². The van der Waals surface area contributed by atoms with Crippen molar-refractivity contribution in [3.8, 4) is 5.75 Å². The molecule has 3 aliphatic heterocycles. The van der Waals surface area contributed by atoms with Gasteiger partial charge in [-0.3, -0.25) is 19.3 Å². The maximum absolute atomic E-state index is 13.8. The number of hydrogen-bond donors (Lipinski definition) is 0. The Bertz CT molecular complexity index is 1060. The highest BCUT2D eigenvalue weighted by Gasteiger charge is 2.74. The molecule has 3 aliphatic rings. The smallest absolute Gasteiger partial charge is 0.327 e. The van der Waals surface area contributed by atoms with Gasteiger partial charge < -0.3 is 9.64 Å². The fourth-order valence-electron chi connectivity index (χ4n) is 5.52. The molecule has 1 fully saturated rings. The number of anilines is 1. The summed E-state index contributed by atoms with van der Waals surface area (Å²) in [5.41, 5.74) is -0.207. The fraction of sp³-hybridized carbons (Fsp3) is 0.318. The number of carbonyl (C=O) groups is 3. The summed E-state index contributed by atoms with van der Waals surface area (Å²) < 4.78 is 5.60. The van der Waals surface area contributed by atoms with Gasteiger partial charge in [0.05, 0.1) is 0 Å². The van der Waals surface area contributed by atoms with Crippen LogP contribution in [-0.4, -0.2) is 43.2 Å². The summed E-state index contributed by atoms with van der Waals surface area (Å²) in [5.74, 6) is -1.22. The van der Waals surface area contributed by atoms with Crippen LogP contribution in [-0.2, 0) is 19.9 Å². The standard InChI is InChI=1S/C22H20N2O4/c1-13(25)21-12-23(2)22(15-9-5-6-10-16(15)24(3)19(22)26)18(21)14-8-4-7-11-17(14)28-20(21)27/h4-11,18H,12H2,1-3H3/t18-,21+,22+/m1/s1. The van der Waals surface area contributed by atoms with Crippen LogP contribution < -0.4 is 9.64 Å². The van der Waals surface area contributed by atoms with Gasteiger partial charge in [-0.15, -0.1) is 0 Å². The summed E-state index contributed by atoms with van der Waals surface area (Å²) in [5, 5.41) is 0. The van der Waals surface area contributed by atoms with E-state index in [4.69, 9.17) is 4.74 Å². The van der Waals surface area contributed by atoms with E-state index in [-0.39, 0.29) is 18.2 Å². The number of ether oxygens (including phenoxy) is 1. The van der Waals surface area contributed by atoms with Crippen molar-refractivity contribution in [2.75, 3.05) is 25.5 Å². The number of Topliss-reactive ketones (excluding diaryl/α,β-unsaturated/α-hetero) is 1. The van der Waals surface area contributed by atoms with Crippen molar-refractivity contribution in [3.63, 3.8) is 0 Å². The molecule has 0 N–H and O–H groups in total. The van der Waals surface area contributed by atoms with Gasteiger partial charge in [-0.05, 0) is 26.1 Å². The van der Waals surface area contributed by atoms with E-state index < -0.39 is 22.8 Å². The average molecular weight is 376 g/mol. The quantitative estimate of drug-likeness (QED) is 0.433. The van der Waals surface area contributed by atoms with E-state index in [1.807, 2.05) is 48.3 Å². The third kappa shape index (κ3) is 1.66. The van der Waals surface area contributed by atoms with Crippen molar-refractivity contribution >= 4 is 23.3 Å². The molecule has 5 rings (SSSR count). The van der Waals surface area contributed by atoms with E-state index in [1.165, 1.54) is 6.92 Å². The average Bonchev–Trinajstić information content (AvgIpc) is 3.10. The van der Waals surface area contributed by atoms with E-state index in [1.54, 1.807) is 24.1 Å². The Morgan fingerprint density at radius 3 is 2.50 bits per heavy atom. The number of carbonyl (C=O) groups excluding carboxylic acids is 3. The van der Waals surface area contributed by atoms with Crippen LogP contribution in [0.25, 0.3) is 0 Å². The van der Waals surface area contributed by atoms with Crippen LogP contribution in [0.5, 0.6) is 5.75 Å². The molecular formula is C22H20N2O4. The van der Waals surface area contributed by atoms with Crippen molar-refractivity contribution in [1.82, 2.24) is 4.90 Å². The molecule has 3 heterocycles. The number of fused-ring (bicyclic) bond motifs is 6. The van der Waals surface area contributed by atoms with Gasteiger partial charge in [0, 0.05) is 36.3 Å². The molecule has 0 bridgehead atoms. The van der Waals surface area contributed by atoms with Crippen molar-refractivity contribution in [3.05, 3.63) is 59.7 Å². The van der Waals surface area contributed by atoms with Crippen molar-refractivity contribution in [2.45, 2.75) is 18.4 Å². The minimum Gasteiger partial charge on any atom is -0.425 e. The van der Waals surface area contributed by atoms with Gasteiger partial charge in [0.1, 0.15) is 22.5 Å². The van der Waals surface area contributed by atoms with Crippen LogP contribution in [0, 0.1) is 5.41 Å². The SMILES string of the molecule is CC(=O)[C@@]12CN(C)[C@]3(C(=O)N(C)c4ccccc43)[C@@H]1c1ccccc1OC2=O. The third-order valence-electron chi connectivity index (χ3n) is 6.73. The van der Waals surface area contributed by atoms with Crippen LogP contribution in [0.2, 0.25) is 0 Å². The summed E-state index contributed by atoms with van der Waals surface area (Å²) in [6.07, 6.45) is 0. The van der Waals surface area contributed by atoms with Crippen LogP contribution >= 0.6 is 0 Å². The van der Waals surface area contributed by atoms with Gasteiger partial charge in [-0.25, -0.2) is 0 Å². The number of hydrogen-bond acceptors (Lipinski definition) is 5. The maximum Gasteiger partial charge on any atom is 0.327 e. The largest absolute Gasteiger partial charge is 0.425 e. The molecule has 0 radical (unpaired) electrons.